The highest BCUT2D eigenvalue weighted by Crippen LogP contribution is 2.29. The summed E-state index contributed by atoms with van der Waals surface area (Å²) in [6.45, 7) is 3.56. The minimum atomic E-state index is -0.331. The molecular formula is C15H21N3O2S. The second-order valence-electron chi connectivity index (χ2n) is 5.64. The van der Waals surface area contributed by atoms with Crippen LogP contribution in [0, 0.1) is 0 Å². The van der Waals surface area contributed by atoms with Crippen molar-refractivity contribution in [3.63, 3.8) is 0 Å². The summed E-state index contributed by atoms with van der Waals surface area (Å²) in [5.74, 6) is -0.657. The zero-order chi connectivity index (χ0) is 14.7. The van der Waals surface area contributed by atoms with E-state index < -0.39 is 0 Å². The van der Waals surface area contributed by atoms with Crippen molar-refractivity contribution in [2.24, 2.45) is 0 Å². The zero-order valence-electron chi connectivity index (χ0n) is 12.1. The lowest BCUT2D eigenvalue weighted by molar-refractivity contribution is -0.152. The van der Waals surface area contributed by atoms with E-state index in [1.54, 1.807) is 21.1 Å². The number of hydrogen-bond acceptors (Lipinski definition) is 4. The largest absolute Gasteiger partial charge is 0.333 e. The topological polar surface area (TPSA) is 52.7 Å². The van der Waals surface area contributed by atoms with E-state index in [2.05, 4.69) is 5.32 Å². The third-order valence-electron chi connectivity index (χ3n) is 3.97. The van der Waals surface area contributed by atoms with Crippen LogP contribution in [0.5, 0.6) is 0 Å². The van der Waals surface area contributed by atoms with Gasteiger partial charge in [0.05, 0.1) is 6.54 Å². The fourth-order valence-corrected chi connectivity index (χ4v) is 3.33. The molecule has 1 aromatic rings. The number of thiophene rings is 1. The first-order chi connectivity index (χ1) is 10.3. The average molecular weight is 307 g/mol. The van der Waals surface area contributed by atoms with Gasteiger partial charge in [0.25, 0.3) is 0 Å². The Morgan fingerprint density at radius 1 is 1.33 bits per heavy atom. The Morgan fingerprint density at radius 2 is 2.19 bits per heavy atom. The maximum atomic E-state index is 12.6. The average Bonchev–Trinajstić information content (AvgIpc) is 3.27. The first kappa shape index (κ1) is 14.5. The minimum absolute atomic E-state index is 0.258. The number of nitrogens with zero attached hydrogens (tertiary/aromatic N) is 2. The lowest BCUT2D eigenvalue weighted by Crippen LogP contribution is -2.46. The third kappa shape index (κ3) is 3.63. The van der Waals surface area contributed by atoms with E-state index in [1.165, 1.54) is 0 Å². The van der Waals surface area contributed by atoms with Crippen molar-refractivity contribution < 1.29 is 9.59 Å². The predicted octanol–water partition coefficient (Wildman–Crippen LogP) is 1.06. The zero-order valence-corrected chi connectivity index (χ0v) is 12.9. The van der Waals surface area contributed by atoms with Crippen LogP contribution in [0.15, 0.2) is 17.5 Å². The van der Waals surface area contributed by atoms with Gasteiger partial charge in [-0.25, -0.2) is 0 Å². The third-order valence-corrected chi connectivity index (χ3v) is 4.83. The number of carbonyl (C=O) groups excluding carboxylic acids is 2. The fraction of sp³-hybridized carbons (Fsp3) is 0.600. The van der Waals surface area contributed by atoms with Crippen LogP contribution in [0.3, 0.4) is 0 Å². The molecule has 1 aliphatic heterocycles. The molecule has 3 rings (SSSR count). The van der Waals surface area contributed by atoms with Crippen LogP contribution in [-0.4, -0.2) is 53.8 Å². The summed E-state index contributed by atoms with van der Waals surface area (Å²) >= 11 is 1.64. The van der Waals surface area contributed by atoms with Crippen molar-refractivity contribution in [3.05, 3.63) is 22.4 Å². The summed E-state index contributed by atoms with van der Waals surface area (Å²) in [5.41, 5.74) is 0. The Labute approximate surface area is 128 Å². The summed E-state index contributed by atoms with van der Waals surface area (Å²) in [6.07, 6.45) is 2.95. The molecule has 2 aliphatic rings. The van der Waals surface area contributed by atoms with Gasteiger partial charge in [-0.1, -0.05) is 6.07 Å². The Bertz CT molecular complexity index is 491. The van der Waals surface area contributed by atoms with Gasteiger partial charge >= 0.3 is 11.8 Å². The minimum Gasteiger partial charge on any atom is -0.333 e. The van der Waals surface area contributed by atoms with Crippen LogP contribution in [-0.2, 0) is 16.1 Å². The van der Waals surface area contributed by atoms with Crippen LogP contribution < -0.4 is 5.32 Å². The monoisotopic (exact) mass is 307 g/mol. The summed E-state index contributed by atoms with van der Waals surface area (Å²) in [5, 5.41) is 5.26. The van der Waals surface area contributed by atoms with Gasteiger partial charge in [0.15, 0.2) is 0 Å². The molecule has 114 valence electrons. The number of carbonyl (C=O) groups is 2. The molecule has 5 nitrogen and oxygen atoms in total. The Hall–Kier alpha value is -1.40. The van der Waals surface area contributed by atoms with E-state index in [0.717, 1.165) is 37.2 Å². The van der Waals surface area contributed by atoms with Crippen molar-refractivity contribution in [3.8, 4) is 0 Å². The van der Waals surface area contributed by atoms with Gasteiger partial charge in [-0.05, 0) is 37.3 Å². The molecule has 0 spiro atoms. The number of amides is 2. The van der Waals surface area contributed by atoms with Gasteiger partial charge in [0.1, 0.15) is 0 Å². The summed E-state index contributed by atoms with van der Waals surface area (Å²) in [4.78, 5) is 29.7. The van der Waals surface area contributed by atoms with E-state index in [0.29, 0.717) is 19.6 Å². The molecule has 2 amide bonds. The molecule has 0 atom stereocenters. The predicted molar refractivity (Wildman–Crippen MR) is 82.0 cm³/mol. The Morgan fingerprint density at radius 3 is 2.90 bits per heavy atom. The highest BCUT2D eigenvalue weighted by atomic mass is 32.1. The molecule has 0 bridgehead atoms. The van der Waals surface area contributed by atoms with Crippen LogP contribution in [0.4, 0.5) is 0 Å². The Balaban J connectivity index is 1.66. The van der Waals surface area contributed by atoms with Crippen LogP contribution in [0.25, 0.3) is 0 Å². The molecule has 1 aliphatic carbocycles. The molecule has 1 saturated heterocycles. The standard InChI is InChI=1S/C15H21N3O2S/c19-14(17-8-2-6-16-7-9-17)15(20)18(12-4-5-12)11-13-3-1-10-21-13/h1,3,10,12,16H,2,4-9,11H2. The molecule has 0 aromatic carbocycles. The van der Waals surface area contributed by atoms with E-state index in [4.69, 9.17) is 0 Å². The summed E-state index contributed by atoms with van der Waals surface area (Å²) in [6, 6.07) is 4.26. The SMILES string of the molecule is O=C(C(=O)N(Cc1cccs1)C1CC1)N1CCCNCC1. The number of hydrogen-bond donors (Lipinski definition) is 1. The molecule has 2 heterocycles. The van der Waals surface area contributed by atoms with Gasteiger partial charge in [-0.15, -0.1) is 11.3 Å². The van der Waals surface area contributed by atoms with Crippen molar-refractivity contribution in [1.82, 2.24) is 15.1 Å². The molecular weight excluding hydrogens is 286 g/mol. The highest BCUT2D eigenvalue weighted by Gasteiger charge is 2.37. The van der Waals surface area contributed by atoms with E-state index >= 15 is 0 Å². The van der Waals surface area contributed by atoms with Gasteiger partial charge in [0.2, 0.25) is 0 Å². The second kappa shape index (κ2) is 6.58. The van der Waals surface area contributed by atoms with Gasteiger partial charge in [0, 0.05) is 30.6 Å². The molecule has 1 saturated carbocycles. The van der Waals surface area contributed by atoms with Gasteiger partial charge < -0.3 is 15.1 Å². The lowest BCUT2D eigenvalue weighted by Gasteiger charge is -2.25. The maximum absolute atomic E-state index is 12.6. The quantitative estimate of drug-likeness (QED) is 0.850. The van der Waals surface area contributed by atoms with Crippen LogP contribution in [0.2, 0.25) is 0 Å². The van der Waals surface area contributed by atoms with Crippen LogP contribution in [0.1, 0.15) is 24.1 Å². The number of nitrogens with one attached hydrogen (secondary N) is 1. The Kier molecular flexibility index (Phi) is 4.55. The van der Waals surface area contributed by atoms with E-state index in [9.17, 15) is 9.59 Å². The molecule has 0 radical (unpaired) electrons. The van der Waals surface area contributed by atoms with Crippen LogP contribution >= 0.6 is 11.3 Å². The molecule has 1 aromatic heterocycles. The smallest absolute Gasteiger partial charge is 0.312 e. The normalized spacial score (nSPS) is 19.1. The molecule has 6 heteroatoms. The van der Waals surface area contributed by atoms with Gasteiger partial charge in [-0.2, -0.15) is 0 Å². The van der Waals surface area contributed by atoms with E-state index in [1.807, 2.05) is 17.5 Å². The first-order valence-electron chi connectivity index (χ1n) is 7.58. The molecule has 21 heavy (non-hydrogen) atoms. The van der Waals surface area contributed by atoms with Crippen molar-refractivity contribution in [2.45, 2.75) is 31.8 Å². The summed E-state index contributed by atoms with van der Waals surface area (Å²) in [7, 11) is 0. The second-order valence-corrected chi connectivity index (χ2v) is 6.67. The van der Waals surface area contributed by atoms with E-state index in [-0.39, 0.29) is 17.9 Å². The maximum Gasteiger partial charge on any atom is 0.312 e. The molecule has 2 fully saturated rings. The van der Waals surface area contributed by atoms with Gasteiger partial charge in [-0.3, -0.25) is 9.59 Å². The number of rotatable bonds is 3. The summed E-state index contributed by atoms with van der Waals surface area (Å²) < 4.78 is 0. The van der Waals surface area contributed by atoms with Crippen molar-refractivity contribution in [2.75, 3.05) is 26.2 Å². The lowest BCUT2D eigenvalue weighted by atomic mass is 10.3. The first-order valence-corrected chi connectivity index (χ1v) is 8.46. The van der Waals surface area contributed by atoms with Crippen molar-refractivity contribution >= 4 is 23.2 Å². The highest BCUT2D eigenvalue weighted by molar-refractivity contribution is 7.09. The van der Waals surface area contributed by atoms with Crippen molar-refractivity contribution in [1.29, 1.82) is 0 Å². The fourth-order valence-electron chi connectivity index (χ4n) is 2.63. The molecule has 1 N–H and O–H groups in total. The molecule has 0 unspecified atom stereocenters.